The highest BCUT2D eigenvalue weighted by molar-refractivity contribution is 5.90. The molecule has 3 N–H and O–H groups in total. The summed E-state index contributed by atoms with van der Waals surface area (Å²) in [5.74, 6) is -0.717. The number of aliphatic hydroxyl groups is 1. The molecule has 0 saturated carbocycles. The molecule has 0 unspecified atom stereocenters. The van der Waals surface area contributed by atoms with Crippen molar-refractivity contribution in [2.75, 3.05) is 0 Å². The summed E-state index contributed by atoms with van der Waals surface area (Å²) in [5.41, 5.74) is 11.4. The van der Waals surface area contributed by atoms with Gasteiger partial charge in [-0.1, -0.05) is 6.92 Å². The standard InChI is InChI=1S/C25H27N3O4/c1-5-25(31)19-9-21-22-17(10-28(21)23(29)18(19)11-32-24(25)30)15(8-14(4)26)16-6-12(2)13(3)7-20(16)27-22/h6-7,9,14,31H,5,8,10-11,26H2,1-4H3/t14-,25-/m0/s1. The Hall–Kier alpha value is -3.03. The zero-order valence-corrected chi connectivity index (χ0v) is 18.8. The van der Waals surface area contributed by atoms with E-state index in [2.05, 4.69) is 26.0 Å². The fourth-order valence-corrected chi connectivity index (χ4v) is 4.98. The normalized spacial score (nSPS) is 20.0. The molecule has 166 valence electrons. The average Bonchev–Trinajstić information content (AvgIpc) is 3.11. The van der Waals surface area contributed by atoms with E-state index in [-0.39, 0.29) is 24.6 Å². The Morgan fingerprint density at radius 2 is 1.94 bits per heavy atom. The molecular formula is C25H27N3O4. The summed E-state index contributed by atoms with van der Waals surface area (Å²) in [7, 11) is 0. The molecule has 2 aliphatic rings. The number of aryl methyl sites for hydroxylation is 2. The fourth-order valence-electron chi connectivity index (χ4n) is 4.98. The summed E-state index contributed by atoms with van der Waals surface area (Å²) >= 11 is 0. The van der Waals surface area contributed by atoms with Gasteiger partial charge in [-0.25, -0.2) is 9.78 Å². The van der Waals surface area contributed by atoms with Gasteiger partial charge in [0, 0.05) is 22.6 Å². The number of carbonyl (C=O) groups excluding carboxylic acids is 1. The van der Waals surface area contributed by atoms with Gasteiger partial charge < -0.3 is 20.1 Å². The van der Waals surface area contributed by atoms with Crippen LogP contribution in [0.5, 0.6) is 0 Å². The predicted octanol–water partition coefficient (Wildman–Crippen LogP) is 2.59. The average molecular weight is 434 g/mol. The number of carbonyl (C=O) groups is 1. The first-order valence-corrected chi connectivity index (χ1v) is 11.0. The topological polar surface area (TPSA) is 107 Å². The highest BCUT2D eigenvalue weighted by Gasteiger charge is 2.45. The predicted molar refractivity (Wildman–Crippen MR) is 121 cm³/mol. The Bertz CT molecular complexity index is 1370. The van der Waals surface area contributed by atoms with Gasteiger partial charge in [0.2, 0.25) is 0 Å². The minimum absolute atomic E-state index is 0.0591. The first-order chi connectivity index (χ1) is 15.2. The monoisotopic (exact) mass is 433 g/mol. The molecule has 2 atom stereocenters. The quantitative estimate of drug-likeness (QED) is 0.481. The van der Waals surface area contributed by atoms with Crippen molar-refractivity contribution in [2.45, 2.75) is 65.3 Å². The summed E-state index contributed by atoms with van der Waals surface area (Å²) in [4.78, 5) is 30.8. The van der Waals surface area contributed by atoms with Crippen molar-refractivity contribution in [1.29, 1.82) is 0 Å². The lowest BCUT2D eigenvalue weighted by atomic mass is 9.86. The maximum Gasteiger partial charge on any atom is 0.343 e. The summed E-state index contributed by atoms with van der Waals surface area (Å²) in [6.07, 6.45) is 0.779. The van der Waals surface area contributed by atoms with Gasteiger partial charge in [0.1, 0.15) is 6.61 Å². The number of rotatable bonds is 3. The van der Waals surface area contributed by atoms with E-state index in [9.17, 15) is 14.7 Å². The van der Waals surface area contributed by atoms with Crippen molar-refractivity contribution in [2.24, 2.45) is 5.73 Å². The number of nitrogens with zero attached hydrogens (tertiary/aromatic N) is 2. The molecule has 7 nitrogen and oxygen atoms in total. The van der Waals surface area contributed by atoms with Crippen molar-refractivity contribution in [3.63, 3.8) is 0 Å². The number of esters is 1. The van der Waals surface area contributed by atoms with Crippen LogP contribution in [0.15, 0.2) is 23.0 Å². The van der Waals surface area contributed by atoms with E-state index >= 15 is 0 Å². The third kappa shape index (κ3) is 2.77. The number of cyclic esters (lactones) is 1. The molecule has 4 heterocycles. The molecule has 2 aliphatic heterocycles. The van der Waals surface area contributed by atoms with Crippen LogP contribution >= 0.6 is 0 Å². The number of ether oxygens (including phenoxy) is 1. The molecule has 0 amide bonds. The number of benzene rings is 1. The van der Waals surface area contributed by atoms with Crippen molar-refractivity contribution in [3.05, 3.63) is 61.9 Å². The molecule has 0 spiro atoms. The van der Waals surface area contributed by atoms with Crippen molar-refractivity contribution < 1.29 is 14.6 Å². The lowest BCUT2D eigenvalue weighted by Crippen LogP contribution is -2.44. The van der Waals surface area contributed by atoms with Gasteiger partial charge in [-0.15, -0.1) is 0 Å². The van der Waals surface area contributed by atoms with Crippen molar-refractivity contribution in [3.8, 4) is 11.4 Å². The number of fused-ring (bicyclic) bond motifs is 5. The van der Waals surface area contributed by atoms with Crippen molar-refractivity contribution >= 4 is 16.9 Å². The molecule has 0 bridgehead atoms. The fraction of sp³-hybridized carbons (Fsp3) is 0.400. The highest BCUT2D eigenvalue weighted by Crippen LogP contribution is 2.40. The van der Waals surface area contributed by atoms with Crippen LogP contribution in [-0.2, 0) is 34.7 Å². The molecule has 0 radical (unpaired) electrons. The lowest BCUT2D eigenvalue weighted by molar-refractivity contribution is -0.172. The SMILES string of the molecule is CC[C@@]1(O)C(=O)OCc2c1cc1n(c2=O)Cc2c-1nc1cc(C)c(C)cc1c2C[C@H](C)N. The summed E-state index contributed by atoms with van der Waals surface area (Å²) < 4.78 is 6.84. The number of nitrogens with two attached hydrogens (primary N) is 1. The highest BCUT2D eigenvalue weighted by atomic mass is 16.6. The van der Waals surface area contributed by atoms with Gasteiger partial charge >= 0.3 is 5.97 Å². The maximum atomic E-state index is 13.4. The molecule has 1 aromatic carbocycles. The van der Waals surface area contributed by atoms with E-state index in [0.29, 0.717) is 35.5 Å². The zero-order chi connectivity index (χ0) is 22.9. The molecule has 5 rings (SSSR count). The molecule has 7 heteroatoms. The van der Waals surface area contributed by atoms with Crippen LogP contribution in [0, 0.1) is 13.8 Å². The van der Waals surface area contributed by atoms with Gasteiger partial charge in [-0.05, 0) is 68.5 Å². The lowest BCUT2D eigenvalue weighted by Gasteiger charge is -2.31. The number of hydrogen-bond donors (Lipinski definition) is 2. The molecular weight excluding hydrogens is 406 g/mol. The second kappa shape index (κ2) is 6.98. The maximum absolute atomic E-state index is 13.4. The van der Waals surface area contributed by atoms with E-state index in [1.54, 1.807) is 17.6 Å². The summed E-state index contributed by atoms with van der Waals surface area (Å²) in [6.45, 7) is 8.05. The van der Waals surface area contributed by atoms with Gasteiger partial charge in [-0.2, -0.15) is 0 Å². The number of hydrogen-bond acceptors (Lipinski definition) is 6. The van der Waals surface area contributed by atoms with Gasteiger partial charge in [0.15, 0.2) is 5.60 Å². The minimum Gasteiger partial charge on any atom is -0.458 e. The van der Waals surface area contributed by atoms with E-state index in [0.717, 1.165) is 27.6 Å². The smallest absolute Gasteiger partial charge is 0.343 e. The Balaban J connectivity index is 1.84. The number of aromatic nitrogens is 2. The summed E-state index contributed by atoms with van der Waals surface area (Å²) in [6, 6.07) is 5.90. The first-order valence-electron chi connectivity index (χ1n) is 11.0. The van der Waals surface area contributed by atoms with Crippen LogP contribution in [0.25, 0.3) is 22.3 Å². The Labute approximate surface area is 185 Å². The zero-order valence-electron chi connectivity index (χ0n) is 18.8. The van der Waals surface area contributed by atoms with Gasteiger partial charge in [0.05, 0.1) is 29.0 Å². The molecule has 0 aliphatic carbocycles. The van der Waals surface area contributed by atoms with Crippen LogP contribution in [0.1, 0.15) is 53.6 Å². The molecule has 2 aromatic heterocycles. The first kappa shape index (κ1) is 20.8. The van der Waals surface area contributed by atoms with Crippen LogP contribution in [0.3, 0.4) is 0 Å². The molecule has 3 aromatic rings. The van der Waals surface area contributed by atoms with Crippen LogP contribution in [0.2, 0.25) is 0 Å². The van der Waals surface area contributed by atoms with Crippen molar-refractivity contribution in [1.82, 2.24) is 9.55 Å². The van der Waals surface area contributed by atoms with E-state index < -0.39 is 11.6 Å². The Morgan fingerprint density at radius 3 is 2.62 bits per heavy atom. The van der Waals surface area contributed by atoms with Gasteiger partial charge in [-0.3, -0.25) is 4.79 Å². The Kier molecular flexibility index (Phi) is 4.55. The third-order valence-electron chi connectivity index (χ3n) is 6.95. The van der Waals surface area contributed by atoms with Crippen LogP contribution in [-0.4, -0.2) is 26.7 Å². The van der Waals surface area contributed by atoms with Crippen LogP contribution < -0.4 is 11.3 Å². The second-order valence-electron chi connectivity index (χ2n) is 9.16. The van der Waals surface area contributed by atoms with Crippen LogP contribution in [0.4, 0.5) is 0 Å². The number of pyridine rings is 2. The molecule has 0 saturated heterocycles. The van der Waals surface area contributed by atoms with Gasteiger partial charge in [0.25, 0.3) is 5.56 Å². The van der Waals surface area contributed by atoms with E-state index in [1.807, 2.05) is 6.92 Å². The largest absolute Gasteiger partial charge is 0.458 e. The second-order valence-corrected chi connectivity index (χ2v) is 9.16. The Morgan fingerprint density at radius 1 is 1.22 bits per heavy atom. The summed E-state index contributed by atoms with van der Waals surface area (Å²) in [5, 5.41) is 12.1. The van der Waals surface area contributed by atoms with E-state index in [4.69, 9.17) is 15.5 Å². The van der Waals surface area contributed by atoms with E-state index in [1.165, 1.54) is 5.56 Å². The minimum atomic E-state index is -1.83. The molecule has 0 fully saturated rings. The third-order valence-corrected chi connectivity index (χ3v) is 6.95. The molecule has 32 heavy (non-hydrogen) atoms.